The quantitative estimate of drug-likeness (QED) is 0.482. The first-order valence-electron chi connectivity index (χ1n) is 8.95. The number of urea groups is 1. The Morgan fingerprint density at radius 2 is 1.10 bits per heavy atom. The van der Waals surface area contributed by atoms with Gasteiger partial charge in [0.1, 0.15) is 0 Å². The molecular formula is C22H17N5O2. The standard InChI is InChI=1S/C22H17N5O2/c28-21(23-15-9-3-1-4-10-15)19-20(26-18-14-8-7-13-17(18)25-19)27-22(29)24-16-11-5-2-6-12-16/h1-14H,(H,23,28)(H2,24,26,27,29). The van der Waals surface area contributed by atoms with E-state index in [0.717, 1.165) is 0 Å². The van der Waals surface area contributed by atoms with Crippen molar-refractivity contribution in [1.29, 1.82) is 0 Å². The third-order valence-corrected chi connectivity index (χ3v) is 4.08. The van der Waals surface area contributed by atoms with Crippen LogP contribution in [-0.2, 0) is 0 Å². The summed E-state index contributed by atoms with van der Waals surface area (Å²) in [4.78, 5) is 34.1. The highest BCUT2D eigenvalue weighted by atomic mass is 16.2. The fourth-order valence-corrected chi connectivity index (χ4v) is 2.75. The maximum absolute atomic E-state index is 12.8. The summed E-state index contributed by atoms with van der Waals surface area (Å²) in [5.74, 6) is -0.393. The number of anilines is 3. The number of benzene rings is 3. The topological polar surface area (TPSA) is 96.0 Å². The molecule has 4 aromatic rings. The number of hydrogen-bond donors (Lipinski definition) is 3. The van der Waals surface area contributed by atoms with Crippen molar-refractivity contribution in [2.24, 2.45) is 0 Å². The van der Waals surface area contributed by atoms with Crippen LogP contribution in [0.4, 0.5) is 22.0 Å². The lowest BCUT2D eigenvalue weighted by atomic mass is 10.2. The molecule has 7 heteroatoms. The van der Waals surface area contributed by atoms with Crippen molar-refractivity contribution in [2.45, 2.75) is 0 Å². The molecule has 1 aromatic heterocycles. The van der Waals surface area contributed by atoms with Gasteiger partial charge in [0.25, 0.3) is 5.91 Å². The zero-order chi connectivity index (χ0) is 20.1. The van der Waals surface area contributed by atoms with Gasteiger partial charge in [0.15, 0.2) is 11.5 Å². The fraction of sp³-hybridized carbons (Fsp3) is 0. The van der Waals surface area contributed by atoms with Crippen LogP contribution >= 0.6 is 0 Å². The number of para-hydroxylation sites is 4. The van der Waals surface area contributed by atoms with Crippen molar-refractivity contribution >= 4 is 40.2 Å². The summed E-state index contributed by atoms with van der Waals surface area (Å²) < 4.78 is 0. The Balaban J connectivity index is 1.64. The lowest BCUT2D eigenvalue weighted by Gasteiger charge is -2.12. The van der Waals surface area contributed by atoms with Crippen molar-refractivity contribution in [1.82, 2.24) is 9.97 Å². The number of hydrogen-bond acceptors (Lipinski definition) is 4. The molecule has 0 bridgehead atoms. The molecule has 0 radical (unpaired) electrons. The molecular weight excluding hydrogens is 366 g/mol. The summed E-state index contributed by atoms with van der Waals surface area (Å²) in [6, 6.07) is 24.6. The highest BCUT2D eigenvalue weighted by Crippen LogP contribution is 2.19. The molecule has 7 nitrogen and oxygen atoms in total. The summed E-state index contributed by atoms with van der Waals surface area (Å²) in [7, 11) is 0. The second-order valence-electron chi connectivity index (χ2n) is 6.17. The first-order chi connectivity index (χ1) is 14.2. The van der Waals surface area contributed by atoms with Crippen molar-refractivity contribution in [2.75, 3.05) is 16.0 Å². The van der Waals surface area contributed by atoms with E-state index < -0.39 is 11.9 Å². The third-order valence-electron chi connectivity index (χ3n) is 4.08. The Morgan fingerprint density at radius 3 is 1.72 bits per heavy atom. The highest BCUT2D eigenvalue weighted by Gasteiger charge is 2.18. The van der Waals surface area contributed by atoms with Crippen LogP contribution in [0.15, 0.2) is 84.9 Å². The van der Waals surface area contributed by atoms with E-state index in [1.54, 1.807) is 36.4 Å². The van der Waals surface area contributed by atoms with Crippen LogP contribution in [0.5, 0.6) is 0 Å². The molecule has 3 N–H and O–H groups in total. The zero-order valence-electron chi connectivity index (χ0n) is 15.3. The van der Waals surface area contributed by atoms with Crippen LogP contribution in [-0.4, -0.2) is 21.9 Å². The molecule has 0 aliphatic heterocycles. The van der Waals surface area contributed by atoms with Crippen molar-refractivity contribution in [3.05, 3.63) is 90.6 Å². The number of carbonyl (C=O) groups is 2. The van der Waals surface area contributed by atoms with E-state index in [1.165, 1.54) is 0 Å². The summed E-state index contributed by atoms with van der Waals surface area (Å²) in [5, 5.41) is 8.11. The van der Waals surface area contributed by atoms with Crippen molar-refractivity contribution in [3.63, 3.8) is 0 Å². The van der Waals surface area contributed by atoms with Gasteiger partial charge >= 0.3 is 6.03 Å². The van der Waals surface area contributed by atoms with E-state index in [0.29, 0.717) is 22.4 Å². The minimum atomic E-state index is -0.519. The number of rotatable bonds is 4. The summed E-state index contributed by atoms with van der Waals surface area (Å²) in [6.07, 6.45) is 0. The average molecular weight is 383 g/mol. The molecule has 29 heavy (non-hydrogen) atoms. The minimum absolute atomic E-state index is 0.0239. The van der Waals surface area contributed by atoms with Crippen LogP contribution in [0.3, 0.4) is 0 Å². The number of fused-ring (bicyclic) bond motifs is 1. The van der Waals surface area contributed by atoms with Gasteiger partial charge in [0, 0.05) is 11.4 Å². The lowest BCUT2D eigenvalue weighted by molar-refractivity contribution is 0.102. The Bertz CT molecular complexity index is 1160. The van der Waals surface area contributed by atoms with E-state index in [-0.39, 0.29) is 11.5 Å². The summed E-state index contributed by atoms with van der Waals surface area (Å²) in [6.45, 7) is 0. The van der Waals surface area contributed by atoms with E-state index in [1.807, 2.05) is 48.5 Å². The Morgan fingerprint density at radius 1 is 0.586 bits per heavy atom. The molecule has 3 aromatic carbocycles. The minimum Gasteiger partial charge on any atom is -0.321 e. The van der Waals surface area contributed by atoms with Crippen LogP contribution < -0.4 is 16.0 Å². The summed E-state index contributed by atoms with van der Waals surface area (Å²) in [5.41, 5.74) is 2.38. The normalized spacial score (nSPS) is 10.3. The molecule has 0 spiro atoms. The molecule has 3 amide bonds. The Hall–Kier alpha value is -4.26. The zero-order valence-corrected chi connectivity index (χ0v) is 15.3. The molecule has 0 saturated heterocycles. The van der Waals surface area contributed by atoms with E-state index >= 15 is 0 Å². The third kappa shape index (κ3) is 4.36. The number of nitrogens with zero attached hydrogens (tertiary/aromatic N) is 2. The molecule has 0 aliphatic carbocycles. The number of amides is 3. The van der Waals surface area contributed by atoms with Gasteiger partial charge in [-0.1, -0.05) is 48.5 Å². The van der Waals surface area contributed by atoms with Gasteiger partial charge in [0.2, 0.25) is 0 Å². The van der Waals surface area contributed by atoms with Crippen LogP contribution in [0.1, 0.15) is 10.5 Å². The molecule has 0 unspecified atom stereocenters. The predicted molar refractivity (Wildman–Crippen MR) is 113 cm³/mol. The molecule has 1 heterocycles. The smallest absolute Gasteiger partial charge is 0.321 e. The number of nitrogens with one attached hydrogen (secondary N) is 3. The van der Waals surface area contributed by atoms with Gasteiger partial charge in [-0.05, 0) is 36.4 Å². The van der Waals surface area contributed by atoms with E-state index in [4.69, 9.17) is 0 Å². The molecule has 0 fully saturated rings. The molecule has 142 valence electrons. The highest BCUT2D eigenvalue weighted by molar-refractivity contribution is 6.10. The maximum Gasteiger partial charge on any atom is 0.324 e. The first kappa shape index (κ1) is 18.1. The number of carbonyl (C=O) groups excluding carboxylic acids is 2. The Kier molecular flexibility index (Phi) is 5.11. The fourth-order valence-electron chi connectivity index (χ4n) is 2.75. The predicted octanol–water partition coefficient (Wildman–Crippen LogP) is 4.53. The Labute approximate surface area is 166 Å². The monoisotopic (exact) mass is 383 g/mol. The molecule has 0 aliphatic rings. The van der Waals surface area contributed by atoms with Crippen LogP contribution in [0, 0.1) is 0 Å². The van der Waals surface area contributed by atoms with Gasteiger partial charge < -0.3 is 10.6 Å². The van der Waals surface area contributed by atoms with Gasteiger partial charge in [0.05, 0.1) is 11.0 Å². The van der Waals surface area contributed by atoms with Gasteiger partial charge in [-0.15, -0.1) is 0 Å². The van der Waals surface area contributed by atoms with E-state index in [2.05, 4.69) is 25.9 Å². The largest absolute Gasteiger partial charge is 0.324 e. The first-order valence-corrected chi connectivity index (χ1v) is 8.95. The van der Waals surface area contributed by atoms with E-state index in [9.17, 15) is 9.59 Å². The van der Waals surface area contributed by atoms with Gasteiger partial charge in [-0.2, -0.15) is 0 Å². The van der Waals surface area contributed by atoms with Gasteiger partial charge in [-0.25, -0.2) is 14.8 Å². The SMILES string of the molecule is O=C(Nc1ccccc1)Nc1nc2ccccc2nc1C(=O)Nc1ccccc1. The molecule has 0 atom stereocenters. The van der Waals surface area contributed by atoms with Crippen LogP contribution in [0.25, 0.3) is 11.0 Å². The second kappa shape index (κ2) is 8.18. The second-order valence-corrected chi connectivity index (χ2v) is 6.17. The average Bonchev–Trinajstić information content (AvgIpc) is 2.74. The van der Waals surface area contributed by atoms with Gasteiger partial charge in [-0.3, -0.25) is 10.1 Å². The van der Waals surface area contributed by atoms with Crippen molar-refractivity contribution in [3.8, 4) is 0 Å². The number of aromatic nitrogens is 2. The lowest BCUT2D eigenvalue weighted by Crippen LogP contribution is -2.24. The molecule has 0 saturated carbocycles. The molecule has 4 rings (SSSR count). The van der Waals surface area contributed by atoms with Crippen LogP contribution in [0.2, 0.25) is 0 Å². The van der Waals surface area contributed by atoms with Crippen molar-refractivity contribution < 1.29 is 9.59 Å². The summed E-state index contributed by atoms with van der Waals surface area (Å²) >= 11 is 0. The maximum atomic E-state index is 12.8.